The molecule has 1 unspecified atom stereocenters. The lowest BCUT2D eigenvalue weighted by atomic mass is 9.98. The molecule has 5 heteroatoms. The highest BCUT2D eigenvalue weighted by Gasteiger charge is 2.34. The number of hydrogen-bond donors (Lipinski definition) is 0. The molecular weight excluding hydrogens is 258 g/mol. The Hall–Kier alpha value is -2.22. The van der Waals surface area contributed by atoms with Crippen LogP contribution < -0.4 is 0 Å². The van der Waals surface area contributed by atoms with E-state index in [1.807, 2.05) is 0 Å². The normalized spacial score (nSPS) is 20.1. The number of rotatable bonds is 5. The van der Waals surface area contributed by atoms with Gasteiger partial charge in [-0.1, -0.05) is 18.1 Å². The van der Waals surface area contributed by atoms with Gasteiger partial charge in [-0.05, 0) is 36.8 Å². The predicted octanol–water partition coefficient (Wildman–Crippen LogP) is 2.00. The summed E-state index contributed by atoms with van der Waals surface area (Å²) in [5, 5.41) is 0. The first-order valence-electron chi connectivity index (χ1n) is 6.59. The third kappa shape index (κ3) is 3.02. The monoisotopic (exact) mass is 275 g/mol. The second kappa shape index (κ2) is 6.80. The number of ether oxygens (including phenoxy) is 2. The fourth-order valence-corrected chi connectivity index (χ4v) is 2.71. The highest BCUT2D eigenvalue weighted by Crippen LogP contribution is 2.37. The van der Waals surface area contributed by atoms with Crippen LogP contribution in [-0.4, -0.2) is 36.8 Å². The van der Waals surface area contributed by atoms with Crippen molar-refractivity contribution >= 4 is 12.6 Å². The van der Waals surface area contributed by atoms with Crippen molar-refractivity contribution in [3.05, 3.63) is 23.3 Å². The van der Waals surface area contributed by atoms with Gasteiger partial charge in [-0.15, -0.1) is 6.42 Å². The largest absolute Gasteiger partial charge is 0.430 e. The molecule has 0 heterocycles. The van der Waals surface area contributed by atoms with Crippen LogP contribution >= 0.6 is 0 Å². The number of carbonyl (C=O) groups excluding carboxylic acids is 2. The molecule has 2 aliphatic carbocycles. The average Bonchev–Trinajstić information content (AvgIpc) is 2.88. The van der Waals surface area contributed by atoms with E-state index in [1.165, 1.54) is 16.0 Å². The minimum absolute atomic E-state index is 0.0404. The van der Waals surface area contributed by atoms with Gasteiger partial charge in [0.2, 0.25) is 6.79 Å². The highest BCUT2D eigenvalue weighted by molar-refractivity contribution is 5.70. The molecule has 20 heavy (non-hydrogen) atoms. The summed E-state index contributed by atoms with van der Waals surface area (Å²) in [6.07, 6.45) is 13.0. The number of hydrogen-bond acceptors (Lipinski definition) is 4. The molecule has 0 aromatic heterocycles. The van der Waals surface area contributed by atoms with Crippen molar-refractivity contribution in [1.82, 2.24) is 4.90 Å². The number of allylic oxidation sites excluding steroid dienone is 2. The molecule has 0 N–H and O–H groups in total. The van der Waals surface area contributed by atoms with Gasteiger partial charge in [0.05, 0.1) is 12.6 Å². The quantitative estimate of drug-likeness (QED) is 0.333. The van der Waals surface area contributed by atoms with E-state index >= 15 is 0 Å². The molecule has 0 radical (unpaired) electrons. The van der Waals surface area contributed by atoms with Gasteiger partial charge < -0.3 is 9.47 Å². The van der Waals surface area contributed by atoms with Crippen molar-refractivity contribution in [2.45, 2.75) is 31.7 Å². The lowest BCUT2D eigenvalue weighted by molar-refractivity contribution is -0.136. The molecule has 0 saturated heterocycles. The fraction of sp³-hybridized carbons (Fsp3) is 0.467. The Kier molecular flexibility index (Phi) is 4.83. The number of terminal acetylenes is 1. The van der Waals surface area contributed by atoms with Gasteiger partial charge in [0.1, 0.15) is 0 Å². The highest BCUT2D eigenvalue weighted by atomic mass is 16.7. The minimum atomic E-state index is -0.553. The zero-order chi connectivity index (χ0) is 14.4. The SMILES string of the molecule is C#CCN(C(=O)OCOC=O)C1CCC2=CCCC=C21. The van der Waals surface area contributed by atoms with Crippen LogP contribution in [0.15, 0.2) is 23.3 Å². The summed E-state index contributed by atoms with van der Waals surface area (Å²) in [7, 11) is 0. The molecule has 0 aromatic rings. The van der Waals surface area contributed by atoms with Crippen molar-refractivity contribution in [2.24, 2.45) is 0 Å². The van der Waals surface area contributed by atoms with Crippen LogP contribution in [0.3, 0.4) is 0 Å². The molecular formula is C15H17NO4. The summed E-state index contributed by atoms with van der Waals surface area (Å²) in [4.78, 5) is 23.6. The van der Waals surface area contributed by atoms with Crippen molar-refractivity contribution in [2.75, 3.05) is 13.3 Å². The first-order chi connectivity index (χ1) is 9.77. The van der Waals surface area contributed by atoms with Crippen molar-refractivity contribution in [1.29, 1.82) is 0 Å². The van der Waals surface area contributed by atoms with E-state index in [0.717, 1.165) is 25.7 Å². The average molecular weight is 275 g/mol. The molecule has 0 bridgehead atoms. The number of carbonyl (C=O) groups is 2. The smallest absolute Gasteiger partial charge is 0.413 e. The summed E-state index contributed by atoms with van der Waals surface area (Å²) in [5.74, 6) is 2.48. The van der Waals surface area contributed by atoms with E-state index < -0.39 is 12.9 Å². The van der Waals surface area contributed by atoms with Gasteiger partial charge in [-0.2, -0.15) is 0 Å². The third-order valence-electron chi connectivity index (χ3n) is 3.53. The van der Waals surface area contributed by atoms with Crippen LogP contribution in [0.1, 0.15) is 25.7 Å². The van der Waals surface area contributed by atoms with Crippen molar-refractivity contribution in [3.8, 4) is 12.3 Å². The standard InChI is InChI=1S/C15H17NO4/c1-2-9-16(15(18)20-11-19-10-17)14-8-7-12-5-3-4-6-13(12)14/h1,5-6,10,14H,3-4,7-9,11H2. The maximum atomic E-state index is 12.0. The van der Waals surface area contributed by atoms with Crippen LogP contribution in [-0.2, 0) is 14.3 Å². The fourth-order valence-electron chi connectivity index (χ4n) is 2.71. The minimum Gasteiger partial charge on any atom is -0.430 e. The topological polar surface area (TPSA) is 55.8 Å². The van der Waals surface area contributed by atoms with E-state index in [1.54, 1.807) is 0 Å². The Morgan fingerprint density at radius 3 is 3.05 bits per heavy atom. The summed E-state index contributed by atoms with van der Waals surface area (Å²) >= 11 is 0. The van der Waals surface area contributed by atoms with Crippen LogP contribution in [0.5, 0.6) is 0 Å². The summed E-state index contributed by atoms with van der Waals surface area (Å²) < 4.78 is 9.25. The van der Waals surface area contributed by atoms with Crippen LogP contribution in [0.2, 0.25) is 0 Å². The molecule has 5 nitrogen and oxygen atoms in total. The van der Waals surface area contributed by atoms with Gasteiger partial charge in [0, 0.05) is 0 Å². The lowest BCUT2D eigenvalue weighted by Gasteiger charge is -2.28. The van der Waals surface area contributed by atoms with Crippen LogP contribution in [0.4, 0.5) is 4.79 Å². The van der Waals surface area contributed by atoms with E-state index in [0.29, 0.717) is 0 Å². The van der Waals surface area contributed by atoms with Crippen LogP contribution in [0, 0.1) is 12.3 Å². The molecule has 0 aromatic carbocycles. The molecule has 2 rings (SSSR count). The van der Waals surface area contributed by atoms with Gasteiger partial charge in [0.15, 0.2) is 0 Å². The first-order valence-corrected chi connectivity index (χ1v) is 6.59. The Labute approximate surface area is 118 Å². The van der Waals surface area contributed by atoms with E-state index in [9.17, 15) is 9.59 Å². The summed E-state index contributed by atoms with van der Waals surface area (Å²) in [5.41, 5.74) is 2.49. The van der Waals surface area contributed by atoms with E-state index in [-0.39, 0.29) is 19.1 Å². The Bertz CT molecular complexity index is 487. The molecule has 106 valence electrons. The van der Waals surface area contributed by atoms with Gasteiger partial charge >= 0.3 is 6.09 Å². The molecule has 2 aliphatic rings. The number of amides is 1. The maximum absolute atomic E-state index is 12.0. The van der Waals surface area contributed by atoms with E-state index in [4.69, 9.17) is 11.2 Å². The van der Waals surface area contributed by atoms with Crippen molar-refractivity contribution < 1.29 is 19.1 Å². The lowest BCUT2D eigenvalue weighted by Crippen LogP contribution is -2.40. The second-order valence-corrected chi connectivity index (χ2v) is 4.64. The van der Waals surface area contributed by atoms with Gasteiger partial charge in [-0.3, -0.25) is 9.69 Å². The number of nitrogens with zero attached hydrogens (tertiary/aromatic N) is 1. The summed E-state index contributed by atoms with van der Waals surface area (Å²) in [6.45, 7) is 0.0198. The van der Waals surface area contributed by atoms with E-state index in [2.05, 4.69) is 22.8 Å². The summed E-state index contributed by atoms with van der Waals surface area (Å²) in [6, 6.07) is -0.0404. The molecule has 1 saturated carbocycles. The zero-order valence-electron chi connectivity index (χ0n) is 11.2. The first kappa shape index (κ1) is 14.2. The third-order valence-corrected chi connectivity index (χ3v) is 3.53. The zero-order valence-corrected chi connectivity index (χ0v) is 11.2. The molecule has 1 atom stereocenters. The maximum Gasteiger partial charge on any atom is 0.413 e. The molecule has 1 fully saturated rings. The molecule has 0 aliphatic heterocycles. The van der Waals surface area contributed by atoms with Crippen molar-refractivity contribution in [3.63, 3.8) is 0 Å². The second-order valence-electron chi connectivity index (χ2n) is 4.64. The molecule has 1 amide bonds. The Morgan fingerprint density at radius 1 is 1.50 bits per heavy atom. The van der Waals surface area contributed by atoms with Crippen LogP contribution in [0.25, 0.3) is 0 Å². The number of fused-ring (bicyclic) bond motifs is 1. The predicted molar refractivity (Wildman–Crippen MR) is 72.5 cm³/mol. The van der Waals surface area contributed by atoms with Gasteiger partial charge in [0.25, 0.3) is 6.47 Å². The van der Waals surface area contributed by atoms with Gasteiger partial charge in [-0.25, -0.2) is 4.79 Å². The molecule has 0 spiro atoms. The Balaban J connectivity index is 2.07. The Morgan fingerprint density at radius 2 is 2.30 bits per heavy atom.